The summed E-state index contributed by atoms with van der Waals surface area (Å²) in [6.45, 7) is 5.11. The van der Waals surface area contributed by atoms with Gasteiger partial charge in [-0.1, -0.05) is 48.5 Å². The van der Waals surface area contributed by atoms with Gasteiger partial charge in [0.05, 0.1) is 30.1 Å². The number of anilines is 1. The first kappa shape index (κ1) is 27.8. The van der Waals surface area contributed by atoms with Crippen molar-refractivity contribution in [3.8, 4) is 33.8 Å². The van der Waals surface area contributed by atoms with Crippen molar-refractivity contribution in [3.05, 3.63) is 120 Å². The van der Waals surface area contributed by atoms with Gasteiger partial charge in [-0.05, 0) is 66.9 Å². The smallest absolute Gasteiger partial charge is 0.338 e. The third kappa shape index (κ3) is 5.99. The van der Waals surface area contributed by atoms with Crippen molar-refractivity contribution < 1.29 is 14.3 Å². The Kier molecular flexibility index (Phi) is 7.91. The first-order valence-corrected chi connectivity index (χ1v) is 14.3. The first-order chi connectivity index (χ1) is 21.0. The third-order valence-corrected chi connectivity index (χ3v) is 7.51. The molecule has 0 fully saturated rings. The molecule has 2 amide bonds. The summed E-state index contributed by atoms with van der Waals surface area (Å²) < 4.78 is 5.08. The molecule has 1 N–H and O–H groups in total. The van der Waals surface area contributed by atoms with Crippen molar-refractivity contribution in [1.82, 2.24) is 19.9 Å². The number of aromatic nitrogens is 3. The molecule has 6 rings (SSSR count). The normalized spacial score (nSPS) is 12.4. The number of hydrogen-bond donors (Lipinski definition) is 1. The fraction of sp³-hybridized carbons (Fsp3) is 0.171. The van der Waals surface area contributed by atoms with Crippen LogP contribution < -0.4 is 5.32 Å². The number of benzene rings is 3. The molecule has 0 saturated carbocycles. The number of rotatable bonds is 6. The number of fused-ring (bicyclic) bond motifs is 1. The summed E-state index contributed by atoms with van der Waals surface area (Å²) in [5.74, 6) is 0.289. The van der Waals surface area contributed by atoms with E-state index in [1.807, 2.05) is 60.7 Å². The molecule has 8 heteroatoms. The van der Waals surface area contributed by atoms with Crippen LogP contribution in [0.15, 0.2) is 97.3 Å². The van der Waals surface area contributed by atoms with Crippen LogP contribution in [0.1, 0.15) is 34.1 Å². The van der Waals surface area contributed by atoms with E-state index in [1.165, 1.54) is 0 Å². The van der Waals surface area contributed by atoms with E-state index < -0.39 is 0 Å². The second-order valence-electron chi connectivity index (χ2n) is 10.4. The van der Waals surface area contributed by atoms with Crippen molar-refractivity contribution in [2.24, 2.45) is 0 Å². The van der Waals surface area contributed by atoms with Gasteiger partial charge >= 0.3 is 12.0 Å². The molecule has 0 aliphatic carbocycles. The molecule has 0 unspecified atom stereocenters. The molecule has 0 spiro atoms. The van der Waals surface area contributed by atoms with E-state index in [-0.39, 0.29) is 12.0 Å². The van der Waals surface area contributed by atoms with E-state index in [9.17, 15) is 9.59 Å². The summed E-state index contributed by atoms with van der Waals surface area (Å²) in [6, 6.07) is 26.7. The lowest BCUT2D eigenvalue weighted by molar-refractivity contribution is 0.0526. The number of pyridine rings is 1. The van der Waals surface area contributed by atoms with Gasteiger partial charge in [-0.2, -0.15) is 0 Å². The molecule has 0 radical (unpaired) electrons. The van der Waals surface area contributed by atoms with Gasteiger partial charge in [-0.25, -0.2) is 19.6 Å². The van der Waals surface area contributed by atoms with Gasteiger partial charge in [0.15, 0.2) is 5.82 Å². The molecule has 5 aromatic rings. The summed E-state index contributed by atoms with van der Waals surface area (Å²) in [6.07, 6.45) is 4.12. The summed E-state index contributed by atoms with van der Waals surface area (Å²) in [4.78, 5) is 41.5. The van der Waals surface area contributed by atoms with Crippen LogP contribution >= 0.6 is 0 Å². The number of nitrogens with zero attached hydrogens (tertiary/aromatic N) is 4. The van der Waals surface area contributed by atoms with E-state index in [0.717, 1.165) is 44.8 Å². The highest BCUT2D eigenvalue weighted by Gasteiger charge is 2.27. The Hall–Kier alpha value is -5.37. The number of esters is 1. The maximum Gasteiger partial charge on any atom is 0.338 e. The highest BCUT2D eigenvalue weighted by molar-refractivity contribution is 5.92. The van der Waals surface area contributed by atoms with Crippen LogP contribution in [0.5, 0.6) is 0 Å². The van der Waals surface area contributed by atoms with Gasteiger partial charge in [-0.15, -0.1) is 0 Å². The Balaban J connectivity index is 1.24. The van der Waals surface area contributed by atoms with E-state index in [2.05, 4.69) is 29.4 Å². The van der Waals surface area contributed by atoms with Crippen molar-refractivity contribution >= 4 is 17.7 Å². The second-order valence-corrected chi connectivity index (χ2v) is 10.4. The summed E-state index contributed by atoms with van der Waals surface area (Å²) in [5, 5.41) is 3.07. The summed E-state index contributed by atoms with van der Waals surface area (Å²) in [5.41, 5.74) is 8.78. The van der Waals surface area contributed by atoms with Gasteiger partial charge in [0.2, 0.25) is 0 Å². The van der Waals surface area contributed by atoms with Crippen LogP contribution in [0, 0.1) is 6.92 Å². The Bertz CT molecular complexity index is 1790. The minimum absolute atomic E-state index is 0.187. The molecule has 1 aliphatic heterocycles. The monoisotopic (exact) mass is 569 g/mol. The fourth-order valence-electron chi connectivity index (χ4n) is 5.27. The maximum absolute atomic E-state index is 13.5. The number of hydrogen-bond acceptors (Lipinski definition) is 6. The minimum atomic E-state index is -0.345. The molecule has 3 heterocycles. The average molecular weight is 570 g/mol. The minimum Gasteiger partial charge on any atom is -0.462 e. The third-order valence-electron chi connectivity index (χ3n) is 7.51. The molecule has 0 atom stereocenters. The second kappa shape index (κ2) is 12.2. The Morgan fingerprint density at radius 3 is 2.49 bits per heavy atom. The molecular weight excluding hydrogens is 538 g/mol. The standard InChI is InChI=1S/C35H31N5O3/c1-3-43-34(41)25-15-13-24(14-16-25)26-9-6-11-28(20-26)37-35(42)40-19-17-31-30(22-40)32(29-12-5-4-8-23(29)2)39-33(38-31)27-10-7-18-36-21-27/h4-16,18,20-21H,3,17,19,22H2,1-2H3,(H,37,42). The van der Waals surface area contributed by atoms with Gasteiger partial charge in [0, 0.05) is 47.7 Å². The van der Waals surface area contributed by atoms with Gasteiger partial charge in [0.25, 0.3) is 0 Å². The van der Waals surface area contributed by atoms with Gasteiger partial charge in [0.1, 0.15) is 0 Å². The predicted molar refractivity (Wildman–Crippen MR) is 166 cm³/mol. The van der Waals surface area contributed by atoms with Crippen LogP contribution in [0.25, 0.3) is 33.8 Å². The zero-order valence-electron chi connectivity index (χ0n) is 24.1. The molecule has 3 aromatic carbocycles. The average Bonchev–Trinajstić information content (AvgIpc) is 3.05. The fourth-order valence-corrected chi connectivity index (χ4v) is 5.27. The van der Waals surface area contributed by atoms with Crippen molar-refractivity contribution in [2.45, 2.75) is 26.8 Å². The molecular formula is C35H31N5O3. The quantitative estimate of drug-likeness (QED) is 0.222. The van der Waals surface area contributed by atoms with Gasteiger partial charge in [-0.3, -0.25) is 4.98 Å². The highest BCUT2D eigenvalue weighted by Crippen LogP contribution is 2.33. The summed E-state index contributed by atoms with van der Waals surface area (Å²) >= 11 is 0. The molecule has 8 nitrogen and oxygen atoms in total. The zero-order valence-corrected chi connectivity index (χ0v) is 24.1. The molecule has 2 aromatic heterocycles. The number of carbonyl (C=O) groups excluding carboxylic acids is 2. The van der Waals surface area contributed by atoms with Gasteiger partial charge < -0.3 is 15.0 Å². The molecule has 214 valence electrons. The topological polar surface area (TPSA) is 97.3 Å². The van der Waals surface area contributed by atoms with Crippen LogP contribution in [-0.2, 0) is 17.7 Å². The predicted octanol–water partition coefficient (Wildman–Crippen LogP) is 6.95. The largest absolute Gasteiger partial charge is 0.462 e. The lowest BCUT2D eigenvalue weighted by Gasteiger charge is -2.30. The molecule has 0 bridgehead atoms. The lowest BCUT2D eigenvalue weighted by atomic mass is 9.96. The number of nitrogens with one attached hydrogen (secondary N) is 1. The number of ether oxygens (including phenoxy) is 1. The molecule has 43 heavy (non-hydrogen) atoms. The van der Waals surface area contributed by atoms with Crippen LogP contribution in [0.4, 0.5) is 10.5 Å². The van der Waals surface area contributed by atoms with Crippen molar-refractivity contribution in [2.75, 3.05) is 18.5 Å². The van der Waals surface area contributed by atoms with Crippen LogP contribution in [0.2, 0.25) is 0 Å². The number of urea groups is 1. The SMILES string of the molecule is CCOC(=O)c1ccc(-c2cccc(NC(=O)N3CCc4nc(-c5cccnc5)nc(-c5ccccc5C)c4C3)c2)cc1. The zero-order chi connectivity index (χ0) is 29.8. The van der Waals surface area contributed by atoms with E-state index >= 15 is 0 Å². The van der Waals surface area contributed by atoms with E-state index in [1.54, 1.807) is 36.4 Å². The molecule has 1 aliphatic rings. The Labute approximate surface area is 250 Å². The lowest BCUT2D eigenvalue weighted by Crippen LogP contribution is -2.39. The Morgan fingerprint density at radius 1 is 0.907 bits per heavy atom. The Morgan fingerprint density at radius 2 is 1.72 bits per heavy atom. The number of amides is 2. The van der Waals surface area contributed by atoms with Crippen molar-refractivity contribution in [1.29, 1.82) is 0 Å². The van der Waals surface area contributed by atoms with E-state index in [0.29, 0.717) is 43.2 Å². The van der Waals surface area contributed by atoms with Crippen molar-refractivity contribution in [3.63, 3.8) is 0 Å². The first-order valence-electron chi connectivity index (χ1n) is 14.3. The van der Waals surface area contributed by atoms with Crippen LogP contribution in [0.3, 0.4) is 0 Å². The molecule has 0 saturated heterocycles. The van der Waals surface area contributed by atoms with E-state index in [4.69, 9.17) is 14.7 Å². The highest BCUT2D eigenvalue weighted by atomic mass is 16.5. The summed E-state index contributed by atoms with van der Waals surface area (Å²) in [7, 11) is 0. The van der Waals surface area contributed by atoms with Crippen LogP contribution in [-0.4, -0.2) is 45.0 Å². The maximum atomic E-state index is 13.5. The number of aryl methyl sites for hydroxylation is 1. The number of carbonyl (C=O) groups is 2.